The summed E-state index contributed by atoms with van der Waals surface area (Å²) in [6.07, 6.45) is 1.18. The highest BCUT2D eigenvalue weighted by Gasteiger charge is 2.33. The second kappa shape index (κ2) is 10.0. The Morgan fingerprint density at radius 2 is 1.78 bits per heavy atom. The molecule has 0 aromatic heterocycles. The lowest BCUT2D eigenvalue weighted by molar-refractivity contribution is -0.141. The largest absolute Gasteiger partial charge is 0.375 e. The van der Waals surface area contributed by atoms with Crippen LogP contribution in [-0.4, -0.2) is 73.7 Å². The van der Waals surface area contributed by atoms with Crippen LogP contribution in [0.25, 0.3) is 0 Å². The van der Waals surface area contributed by atoms with Gasteiger partial charge in [-0.05, 0) is 25.3 Å². The molecule has 0 spiro atoms. The number of hydrogen-bond acceptors (Lipinski definition) is 4. The summed E-state index contributed by atoms with van der Waals surface area (Å²) in [6, 6.07) is -0.167. The fraction of sp³-hybridized carbons (Fsp3) is 0.938. The van der Waals surface area contributed by atoms with Gasteiger partial charge in [0, 0.05) is 32.7 Å². The Morgan fingerprint density at radius 3 is 2.30 bits per heavy atom. The van der Waals surface area contributed by atoms with Gasteiger partial charge < -0.3 is 15.0 Å². The Hall–Kier alpha value is -0.0700. The lowest BCUT2D eigenvalue weighted by Crippen LogP contribution is -2.59. The molecule has 2 atom stereocenters. The molecule has 0 aromatic rings. The van der Waals surface area contributed by atoms with Crippen LogP contribution in [0.4, 0.5) is 0 Å². The van der Waals surface area contributed by atoms with E-state index in [0.29, 0.717) is 12.0 Å². The molecule has 1 amide bonds. The fourth-order valence-electron chi connectivity index (χ4n) is 2.89. The summed E-state index contributed by atoms with van der Waals surface area (Å²) >= 11 is 0. The van der Waals surface area contributed by atoms with E-state index in [1.54, 1.807) is 0 Å². The van der Waals surface area contributed by atoms with Crippen LogP contribution in [0.5, 0.6) is 0 Å². The summed E-state index contributed by atoms with van der Waals surface area (Å²) in [4.78, 5) is 17.0. The van der Waals surface area contributed by atoms with Gasteiger partial charge in [-0.15, -0.1) is 24.8 Å². The van der Waals surface area contributed by atoms with Gasteiger partial charge in [0.05, 0.1) is 12.7 Å². The summed E-state index contributed by atoms with van der Waals surface area (Å²) in [5, 5.41) is 3.29. The molecule has 7 heteroatoms. The van der Waals surface area contributed by atoms with Crippen molar-refractivity contribution in [2.24, 2.45) is 5.41 Å². The van der Waals surface area contributed by atoms with Crippen LogP contribution < -0.4 is 5.32 Å². The first-order valence-electron chi connectivity index (χ1n) is 8.23. The number of carbonyl (C=O) groups is 1. The molecule has 0 bridgehead atoms. The van der Waals surface area contributed by atoms with Crippen LogP contribution in [0.15, 0.2) is 0 Å². The van der Waals surface area contributed by atoms with E-state index < -0.39 is 0 Å². The molecule has 2 fully saturated rings. The molecule has 0 saturated carbocycles. The van der Waals surface area contributed by atoms with Crippen molar-refractivity contribution < 1.29 is 9.53 Å². The van der Waals surface area contributed by atoms with Gasteiger partial charge in [-0.2, -0.15) is 0 Å². The van der Waals surface area contributed by atoms with Crippen molar-refractivity contribution in [3.05, 3.63) is 0 Å². The molecule has 5 nitrogen and oxygen atoms in total. The zero-order valence-electron chi connectivity index (χ0n) is 14.8. The van der Waals surface area contributed by atoms with Gasteiger partial charge >= 0.3 is 0 Å². The molecule has 2 rings (SSSR count). The number of halogens is 2. The Balaban J connectivity index is 0.00000242. The highest BCUT2D eigenvalue weighted by molar-refractivity contribution is 5.85. The molecule has 138 valence electrons. The number of piperazine rings is 1. The number of nitrogens with one attached hydrogen (secondary N) is 1. The number of nitrogens with zero attached hydrogens (tertiary/aromatic N) is 2. The average Bonchev–Trinajstić information content (AvgIpc) is 2.45. The van der Waals surface area contributed by atoms with Crippen LogP contribution in [-0.2, 0) is 9.53 Å². The molecular formula is C16H33Cl2N3O2. The van der Waals surface area contributed by atoms with Crippen molar-refractivity contribution in [2.75, 3.05) is 45.9 Å². The van der Waals surface area contributed by atoms with Crippen LogP contribution >= 0.6 is 24.8 Å². The van der Waals surface area contributed by atoms with Crippen LogP contribution in [0.3, 0.4) is 0 Å². The Kier molecular flexibility index (Phi) is 10.0. The van der Waals surface area contributed by atoms with Crippen molar-refractivity contribution in [3.63, 3.8) is 0 Å². The number of morpholine rings is 1. The van der Waals surface area contributed by atoms with Crippen molar-refractivity contribution >= 4 is 30.7 Å². The summed E-state index contributed by atoms with van der Waals surface area (Å²) in [5.41, 5.74) is 0.381. The van der Waals surface area contributed by atoms with Crippen molar-refractivity contribution in [2.45, 2.75) is 46.3 Å². The SMILES string of the molecule is C[C@H]1OCCN[C@@H]1C(=O)N1CCN(CCC(C)(C)C)CC1.Cl.Cl. The minimum absolute atomic E-state index is 0. The number of hydrogen-bond donors (Lipinski definition) is 1. The molecule has 2 heterocycles. The Bertz CT molecular complexity index is 356. The minimum Gasteiger partial charge on any atom is -0.375 e. The first kappa shape index (κ1) is 22.9. The summed E-state index contributed by atoms with van der Waals surface area (Å²) in [6.45, 7) is 15.1. The number of rotatable bonds is 3. The lowest BCUT2D eigenvalue weighted by Gasteiger charge is -2.39. The van der Waals surface area contributed by atoms with Crippen LogP contribution in [0, 0.1) is 5.41 Å². The third-order valence-corrected chi connectivity index (χ3v) is 4.44. The number of ether oxygens (including phenoxy) is 1. The van der Waals surface area contributed by atoms with E-state index in [2.05, 4.69) is 31.0 Å². The molecular weight excluding hydrogens is 337 g/mol. The van der Waals surface area contributed by atoms with E-state index >= 15 is 0 Å². The van der Waals surface area contributed by atoms with Gasteiger partial charge in [-0.3, -0.25) is 9.69 Å². The normalized spacial score (nSPS) is 26.2. The van der Waals surface area contributed by atoms with Gasteiger partial charge in [-0.25, -0.2) is 0 Å². The van der Waals surface area contributed by atoms with E-state index in [0.717, 1.165) is 39.3 Å². The highest BCUT2D eigenvalue weighted by Crippen LogP contribution is 2.19. The molecule has 23 heavy (non-hydrogen) atoms. The van der Waals surface area contributed by atoms with E-state index in [9.17, 15) is 4.79 Å². The van der Waals surface area contributed by atoms with Crippen molar-refractivity contribution in [1.82, 2.24) is 15.1 Å². The third-order valence-electron chi connectivity index (χ3n) is 4.44. The van der Waals surface area contributed by atoms with E-state index in [-0.39, 0.29) is 42.9 Å². The first-order valence-corrected chi connectivity index (χ1v) is 8.23. The van der Waals surface area contributed by atoms with E-state index in [1.807, 2.05) is 11.8 Å². The quantitative estimate of drug-likeness (QED) is 0.823. The Labute approximate surface area is 153 Å². The zero-order chi connectivity index (χ0) is 15.5. The summed E-state index contributed by atoms with van der Waals surface area (Å²) in [5.74, 6) is 0.206. The van der Waals surface area contributed by atoms with Gasteiger partial charge in [0.1, 0.15) is 6.04 Å². The summed E-state index contributed by atoms with van der Waals surface area (Å²) < 4.78 is 5.58. The zero-order valence-corrected chi connectivity index (χ0v) is 16.5. The lowest BCUT2D eigenvalue weighted by atomic mass is 9.92. The molecule has 2 aliphatic heterocycles. The molecule has 1 N–H and O–H groups in total. The van der Waals surface area contributed by atoms with E-state index in [4.69, 9.17) is 4.74 Å². The molecule has 0 aliphatic carbocycles. The molecule has 2 saturated heterocycles. The predicted molar refractivity (Wildman–Crippen MR) is 98.8 cm³/mol. The second-order valence-corrected chi connectivity index (χ2v) is 7.49. The fourth-order valence-corrected chi connectivity index (χ4v) is 2.89. The van der Waals surface area contributed by atoms with E-state index in [1.165, 1.54) is 6.42 Å². The maximum Gasteiger partial charge on any atom is 0.242 e. The molecule has 0 unspecified atom stereocenters. The van der Waals surface area contributed by atoms with Gasteiger partial charge in [-0.1, -0.05) is 20.8 Å². The van der Waals surface area contributed by atoms with Gasteiger partial charge in [0.25, 0.3) is 0 Å². The maximum atomic E-state index is 12.6. The average molecular weight is 370 g/mol. The van der Waals surface area contributed by atoms with Crippen LogP contribution in [0.1, 0.15) is 34.1 Å². The maximum absolute atomic E-state index is 12.6. The van der Waals surface area contributed by atoms with Crippen LogP contribution in [0.2, 0.25) is 0 Å². The number of amides is 1. The monoisotopic (exact) mass is 369 g/mol. The molecule has 0 radical (unpaired) electrons. The minimum atomic E-state index is -0.167. The predicted octanol–water partition coefficient (Wildman–Crippen LogP) is 1.79. The topological polar surface area (TPSA) is 44.8 Å². The second-order valence-electron chi connectivity index (χ2n) is 7.49. The third kappa shape index (κ3) is 7.14. The summed E-state index contributed by atoms with van der Waals surface area (Å²) in [7, 11) is 0. The standard InChI is InChI=1S/C16H31N3O2.2ClH/c1-13-14(17-6-12-21-13)15(20)19-10-8-18(9-11-19)7-5-16(2,3)4;;/h13-14,17H,5-12H2,1-4H3;2*1H/t13-,14+;;/m1../s1. The highest BCUT2D eigenvalue weighted by atomic mass is 35.5. The van der Waals surface area contributed by atoms with Crippen molar-refractivity contribution in [3.8, 4) is 0 Å². The van der Waals surface area contributed by atoms with Gasteiger partial charge in [0.15, 0.2) is 0 Å². The first-order chi connectivity index (χ1) is 9.87. The smallest absolute Gasteiger partial charge is 0.242 e. The van der Waals surface area contributed by atoms with Gasteiger partial charge in [0.2, 0.25) is 5.91 Å². The Morgan fingerprint density at radius 1 is 1.17 bits per heavy atom. The molecule has 0 aromatic carbocycles. The number of carbonyl (C=O) groups excluding carboxylic acids is 1. The molecule has 2 aliphatic rings. The van der Waals surface area contributed by atoms with Crippen molar-refractivity contribution in [1.29, 1.82) is 0 Å².